The first kappa shape index (κ1) is 10.5. The molecule has 0 bridgehead atoms. The van der Waals surface area contributed by atoms with Crippen molar-refractivity contribution in [3.8, 4) is 11.4 Å². The van der Waals surface area contributed by atoms with Gasteiger partial charge in [-0.1, -0.05) is 0 Å². The number of hydrogen-bond donors (Lipinski definition) is 2. The minimum Gasteiger partial charge on any atom is -0.342 e. The summed E-state index contributed by atoms with van der Waals surface area (Å²) in [5.74, 6) is 1.11. The number of aromatic nitrogens is 2. The maximum atomic E-state index is 12.8. The van der Waals surface area contributed by atoms with E-state index in [9.17, 15) is 4.39 Å². The molecule has 1 aromatic carbocycles. The van der Waals surface area contributed by atoms with Gasteiger partial charge in [-0.3, -0.25) is 0 Å². The van der Waals surface area contributed by atoms with Crippen molar-refractivity contribution >= 4 is 0 Å². The summed E-state index contributed by atoms with van der Waals surface area (Å²) in [4.78, 5) is 7.67. The minimum atomic E-state index is -0.222. The molecular weight excluding hydrogens is 217 g/mol. The van der Waals surface area contributed by atoms with Crippen LogP contribution in [0.3, 0.4) is 0 Å². The molecule has 3 nitrogen and oxygen atoms in total. The Kier molecular flexibility index (Phi) is 2.65. The van der Waals surface area contributed by atoms with Gasteiger partial charge in [0.2, 0.25) is 0 Å². The number of imidazole rings is 1. The van der Waals surface area contributed by atoms with Crippen molar-refractivity contribution in [2.45, 2.75) is 12.3 Å². The summed E-state index contributed by atoms with van der Waals surface area (Å²) in [7, 11) is 0. The van der Waals surface area contributed by atoms with Crippen molar-refractivity contribution in [1.82, 2.24) is 15.3 Å². The molecule has 0 spiro atoms. The van der Waals surface area contributed by atoms with Gasteiger partial charge in [-0.2, -0.15) is 0 Å². The monoisotopic (exact) mass is 231 g/mol. The Hall–Kier alpha value is -1.68. The molecule has 2 heterocycles. The second-order valence-electron chi connectivity index (χ2n) is 4.38. The van der Waals surface area contributed by atoms with Gasteiger partial charge >= 0.3 is 0 Å². The van der Waals surface area contributed by atoms with E-state index in [1.165, 1.54) is 12.1 Å². The lowest BCUT2D eigenvalue weighted by Gasteiger charge is -2.03. The predicted octanol–water partition coefficient (Wildman–Crippen LogP) is 2.29. The van der Waals surface area contributed by atoms with Gasteiger partial charge < -0.3 is 10.3 Å². The van der Waals surface area contributed by atoms with Crippen molar-refractivity contribution in [3.63, 3.8) is 0 Å². The number of hydrogen-bond acceptors (Lipinski definition) is 2. The van der Waals surface area contributed by atoms with Crippen molar-refractivity contribution in [3.05, 3.63) is 42.0 Å². The molecule has 1 saturated heterocycles. The van der Waals surface area contributed by atoms with Crippen molar-refractivity contribution < 1.29 is 4.39 Å². The summed E-state index contributed by atoms with van der Waals surface area (Å²) in [6.07, 6.45) is 3.03. The fourth-order valence-corrected chi connectivity index (χ4v) is 2.22. The summed E-state index contributed by atoms with van der Waals surface area (Å²) in [6, 6.07) is 6.39. The maximum Gasteiger partial charge on any atom is 0.137 e. The van der Waals surface area contributed by atoms with E-state index in [0.29, 0.717) is 5.92 Å². The molecule has 0 amide bonds. The molecule has 4 heteroatoms. The molecule has 0 radical (unpaired) electrons. The zero-order valence-corrected chi connectivity index (χ0v) is 9.41. The van der Waals surface area contributed by atoms with Gasteiger partial charge in [0.1, 0.15) is 11.6 Å². The number of nitrogens with zero attached hydrogens (tertiary/aromatic N) is 1. The number of benzene rings is 1. The fourth-order valence-electron chi connectivity index (χ4n) is 2.22. The van der Waals surface area contributed by atoms with Gasteiger partial charge in [-0.25, -0.2) is 9.37 Å². The summed E-state index contributed by atoms with van der Waals surface area (Å²) in [5, 5.41) is 3.33. The van der Waals surface area contributed by atoms with Crippen LogP contribution in [0.1, 0.15) is 18.0 Å². The summed E-state index contributed by atoms with van der Waals surface area (Å²) in [6.45, 7) is 2.07. The van der Waals surface area contributed by atoms with E-state index >= 15 is 0 Å². The average molecular weight is 231 g/mol. The number of aromatic amines is 1. The first-order valence-electron chi connectivity index (χ1n) is 5.84. The number of nitrogens with one attached hydrogen (secondary N) is 2. The summed E-state index contributed by atoms with van der Waals surface area (Å²) < 4.78 is 12.8. The van der Waals surface area contributed by atoms with Gasteiger partial charge in [0, 0.05) is 29.9 Å². The minimum absolute atomic E-state index is 0.222. The molecular formula is C13H14FN3. The van der Waals surface area contributed by atoms with Gasteiger partial charge in [-0.15, -0.1) is 0 Å². The molecule has 0 aliphatic carbocycles. The average Bonchev–Trinajstić information content (AvgIpc) is 3.00. The van der Waals surface area contributed by atoms with Crippen LogP contribution in [-0.4, -0.2) is 23.1 Å². The van der Waals surface area contributed by atoms with E-state index in [0.717, 1.165) is 36.6 Å². The summed E-state index contributed by atoms with van der Waals surface area (Å²) >= 11 is 0. The molecule has 1 atom stereocenters. The Bertz CT molecular complexity index is 498. The van der Waals surface area contributed by atoms with Crippen LogP contribution in [0.25, 0.3) is 11.4 Å². The molecule has 0 saturated carbocycles. The first-order chi connectivity index (χ1) is 8.33. The highest BCUT2D eigenvalue weighted by Crippen LogP contribution is 2.23. The van der Waals surface area contributed by atoms with Gasteiger partial charge in [0.15, 0.2) is 0 Å². The molecule has 88 valence electrons. The molecule has 2 aromatic rings. The zero-order valence-electron chi connectivity index (χ0n) is 9.41. The lowest BCUT2D eigenvalue weighted by Crippen LogP contribution is -2.08. The second-order valence-corrected chi connectivity index (χ2v) is 4.38. The normalized spacial score (nSPS) is 19.7. The largest absolute Gasteiger partial charge is 0.342 e. The van der Waals surface area contributed by atoms with Crippen LogP contribution in [0.2, 0.25) is 0 Å². The Balaban J connectivity index is 1.86. The smallest absolute Gasteiger partial charge is 0.137 e. The number of H-pyrrole nitrogens is 1. The van der Waals surface area contributed by atoms with Gasteiger partial charge in [-0.05, 0) is 37.2 Å². The number of rotatable bonds is 2. The van der Waals surface area contributed by atoms with Crippen LogP contribution in [0.5, 0.6) is 0 Å². The third kappa shape index (κ3) is 2.08. The van der Waals surface area contributed by atoms with E-state index in [1.807, 2.05) is 6.20 Å². The number of halogens is 1. The zero-order chi connectivity index (χ0) is 11.7. The molecule has 2 N–H and O–H groups in total. The van der Waals surface area contributed by atoms with E-state index in [2.05, 4.69) is 15.3 Å². The van der Waals surface area contributed by atoms with Gasteiger partial charge in [0.05, 0.1) is 0 Å². The topological polar surface area (TPSA) is 40.7 Å². The van der Waals surface area contributed by atoms with E-state index in [-0.39, 0.29) is 5.82 Å². The standard InChI is InChI=1S/C13H14FN3/c14-11-3-1-9(2-4-11)13-16-8-12(17-13)10-5-6-15-7-10/h1-4,8,10,15H,5-7H2,(H,16,17). The van der Waals surface area contributed by atoms with Crippen LogP contribution < -0.4 is 5.32 Å². The van der Waals surface area contributed by atoms with E-state index in [4.69, 9.17) is 0 Å². The van der Waals surface area contributed by atoms with Crippen LogP contribution in [0.15, 0.2) is 30.5 Å². The molecule has 17 heavy (non-hydrogen) atoms. The highest BCUT2D eigenvalue weighted by atomic mass is 19.1. The highest BCUT2D eigenvalue weighted by Gasteiger charge is 2.18. The third-order valence-electron chi connectivity index (χ3n) is 3.21. The Morgan fingerprint density at radius 2 is 2.06 bits per heavy atom. The van der Waals surface area contributed by atoms with E-state index in [1.54, 1.807) is 12.1 Å². The quantitative estimate of drug-likeness (QED) is 0.832. The molecule has 1 aromatic heterocycles. The lowest BCUT2D eigenvalue weighted by molar-refractivity contribution is 0.628. The van der Waals surface area contributed by atoms with Gasteiger partial charge in [0.25, 0.3) is 0 Å². The Morgan fingerprint density at radius 1 is 1.24 bits per heavy atom. The molecule has 1 aliphatic rings. The maximum absolute atomic E-state index is 12.8. The van der Waals surface area contributed by atoms with Crippen LogP contribution in [-0.2, 0) is 0 Å². The third-order valence-corrected chi connectivity index (χ3v) is 3.21. The fraction of sp³-hybridized carbons (Fsp3) is 0.308. The SMILES string of the molecule is Fc1ccc(-c2ncc(C3CCNC3)[nH]2)cc1. The molecule has 1 fully saturated rings. The molecule has 3 rings (SSSR count). The van der Waals surface area contributed by atoms with Crippen LogP contribution in [0.4, 0.5) is 4.39 Å². The van der Waals surface area contributed by atoms with Crippen molar-refractivity contribution in [2.24, 2.45) is 0 Å². The first-order valence-corrected chi connectivity index (χ1v) is 5.84. The lowest BCUT2D eigenvalue weighted by atomic mass is 10.1. The van der Waals surface area contributed by atoms with Crippen molar-refractivity contribution in [2.75, 3.05) is 13.1 Å². The predicted molar refractivity (Wildman–Crippen MR) is 64.2 cm³/mol. The van der Waals surface area contributed by atoms with Crippen LogP contribution >= 0.6 is 0 Å². The Labute approximate surface area is 99.1 Å². The second kappa shape index (κ2) is 4.30. The molecule has 1 unspecified atom stereocenters. The highest BCUT2D eigenvalue weighted by molar-refractivity contribution is 5.55. The Morgan fingerprint density at radius 3 is 2.76 bits per heavy atom. The summed E-state index contributed by atoms with van der Waals surface area (Å²) in [5.41, 5.74) is 2.08. The van der Waals surface area contributed by atoms with Crippen LogP contribution in [0, 0.1) is 5.82 Å². The molecule has 1 aliphatic heterocycles. The van der Waals surface area contributed by atoms with Crippen molar-refractivity contribution in [1.29, 1.82) is 0 Å². The van der Waals surface area contributed by atoms with E-state index < -0.39 is 0 Å².